The average Bonchev–Trinajstić information content (AvgIpc) is 2.79. The molecule has 0 aliphatic rings. The molecule has 7 nitrogen and oxygen atoms in total. The normalized spacial score (nSPS) is 13.8. The lowest BCUT2D eigenvalue weighted by atomic mass is 9.92. The Kier molecular flexibility index (Phi) is 10.2. The Balaban J connectivity index is 2.52. The maximum atomic E-state index is 13.9. The minimum atomic E-state index is -0.962. The lowest BCUT2D eigenvalue weighted by Crippen LogP contribution is -2.53. The molecule has 37 heavy (non-hydrogen) atoms. The molecule has 0 aliphatic carbocycles. The van der Waals surface area contributed by atoms with Crippen LogP contribution in [-0.2, 0) is 14.3 Å². The summed E-state index contributed by atoms with van der Waals surface area (Å²) in [6.07, 6.45) is -0.0432. The highest BCUT2D eigenvalue weighted by Crippen LogP contribution is 2.32. The van der Waals surface area contributed by atoms with Crippen molar-refractivity contribution in [3.63, 3.8) is 0 Å². The van der Waals surface area contributed by atoms with Crippen LogP contribution in [-0.4, -0.2) is 41.5 Å². The number of hydrogen-bond donors (Lipinski definition) is 2. The van der Waals surface area contributed by atoms with Gasteiger partial charge in [-0.15, -0.1) is 0 Å². The third-order valence-electron chi connectivity index (χ3n) is 6.42. The fourth-order valence-corrected chi connectivity index (χ4v) is 4.47. The zero-order valence-electron chi connectivity index (χ0n) is 23.4. The maximum absolute atomic E-state index is 13.9. The first-order valence-electron chi connectivity index (χ1n) is 12.6. The summed E-state index contributed by atoms with van der Waals surface area (Å²) in [6, 6.07) is 9.26. The first-order chi connectivity index (χ1) is 17.2. The van der Waals surface area contributed by atoms with E-state index in [2.05, 4.69) is 10.6 Å². The summed E-state index contributed by atoms with van der Waals surface area (Å²) in [4.78, 5) is 41.8. The number of nitrogens with one attached hydrogen (secondary N) is 2. The molecule has 0 aliphatic heterocycles. The van der Waals surface area contributed by atoms with E-state index in [0.29, 0.717) is 17.1 Å². The molecule has 3 amide bonds. The topological polar surface area (TPSA) is 87.7 Å². The summed E-state index contributed by atoms with van der Waals surface area (Å²) in [5.41, 5.74) is 3.05. The molecule has 0 saturated heterocycles. The SMILES string of the molecule is CCC(C)C(NC(=O)OC(C)(C)C)C(=O)N(C)C(C(=O)Nc1c(C)cccc1Cl)c1c(C)cccc1C. The molecule has 0 fully saturated rings. The average molecular weight is 530 g/mol. The molecule has 202 valence electrons. The molecule has 0 radical (unpaired) electrons. The third-order valence-corrected chi connectivity index (χ3v) is 6.74. The van der Waals surface area contributed by atoms with Crippen LogP contribution in [0.25, 0.3) is 0 Å². The van der Waals surface area contributed by atoms with Crippen molar-refractivity contribution in [3.8, 4) is 0 Å². The highest BCUT2D eigenvalue weighted by Gasteiger charge is 2.37. The number of anilines is 1. The van der Waals surface area contributed by atoms with Crippen LogP contribution in [0.1, 0.15) is 69.3 Å². The Morgan fingerprint density at radius 1 is 1.00 bits per heavy atom. The predicted octanol–water partition coefficient (Wildman–Crippen LogP) is 6.34. The van der Waals surface area contributed by atoms with Gasteiger partial charge in [-0.25, -0.2) is 4.79 Å². The van der Waals surface area contributed by atoms with Crippen molar-refractivity contribution in [2.75, 3.05) is 12.4 Å². The quantitative estimate of drug-likeness (QED) is 0.417. The van der Waals surface area contributed by atoms with Crippen molar-refractivity contribution < 1.29 is 19.1 Å². The number of carbonyl (C=O) groups is 3. The Bertz CT molecular complexity index is 1100. The number of amides is 3. The molecule has 0 saturated carbocycles. The number of nitrogens with zero attached hydrogens (tertiary/aromatic N) is 1. The van der Waals surface area contributed by atoms with E-state index in [4.69, 9.17) is 16.3 Å². The highest BCUT2D eigenvalue weighted by atomic mass is 35.5. The number of aryl methyl sites for hydroxylation is 3. The van der Waals surface area contributed by atoms with Gasteiger partial charge in [-0.3, -0.25) is 9.59 Å². The summed E-state index contributed by atoms with van der Waals surface area (Å²) >= 11 is 6.39. The van der Waals surface area contributed by atoms with Crippen LogP contribution in [0.3, 0.4) is 0 Å². The van der Waals surface area contributed by atoms with Gasteiger partial charge in [0, 0.05) is 7.05 Å². The fourth-order valence-electron chi connectivity index (χ4n) is 4.21. The van der Waals surface area contributed by atoms with Gasteiger partial charge in [0.2, 0.25) is 5.91 Å². The van der Waals surface area contributed by atoms with Crippen LogP contribution >= 0.6 is 11.6 Å². The molecular formula is C29H40ClN3O4. The Hall–Kier alpha value is -3.06. The van der Waals surface area contributed by atoms with Crippen LogP contribution in [0, 0.1) is 26.7 Å². The largest absolute Gasteiger partial charge is 0.444 e. The van der Waals surface area contributed by atoms with Gasteiger partial charge in [0.1, 0.15) is 17.7 Å². The van der Waals surface area contributed by atoms with Gasteiger partial charge in [0.15, 0.2) is 0 Å². The summed E-state index contributed by atoms with van der Waals surface area (Å²) in [7, 11) is 1.59. The number of hydrogen-bond acceptors (Lipinski definition) is 4. The molecule has 2 aromatic carbocycles. The highest BCUT2D eigenvalue weighted by molar-refractivity contribution is 6.34. The van der Waals surface area contributed by atoms with E-state index >= 15 is 0 Å². The maximum Gasteiger partial charge on any atom is 0.408 e. The van der Waals surface area contributed by atoms with Crippen molar-refractivity contribution in [2.24, 2.45) is 5.92 Å². The number of alkyl carbamates (subject to hydrolysis) is 1. The number of ether oxygens (including phenoxy) is 1. The molecule has 0 bridgehead atoms. The molecule has 0 aromatic heterocycles. The van der Waals surface area contributed by atoms with E-state index in [9.17, 15) is 14.4 Å². The minimum Gasteiger partial charge on any atom is -0.444 e. The van der Waals surface area contributed by atoms with Crippen molar-refractivity contribution in [1.82, 2.24) is 10.2 Å². The van der Waals surface area contributed by atoms with Crippen LogP contribution in [0.4, 0.5) is 10.5 Å². The molecule has 8 heteroatoms. The Morgan fingerprint density at radius 2 is 1.54 bits per heavy atom. The fraction of sp³-hybridized carbons (Fsp3) is 0.483. The molecule has 2 N–H and O–H groups in total. The first kappa shape index (κ1) is 30.2. The van der Waals surface area contributed by atoms with Gasteiger partial charge < -0.3 is 20.3 Å². The van der Waals surface area contributed by atoms with Crippen LogP contribution in [0.2, 0.25) is 5.02 Å². The van der Waals surface area contributed by atoms with Gasteiger partial charge in [-0.05, 0) is 75.8 Å². The Morgan fingerprint density at radius 3 is 2.05 bits per heavy atom. The second-order valence-corrected chi connectivity index (χ2v) is 11.0. The number of rotatable bonds is 8. The van der Waals surface area contributed by atoms with Gasteiger partial charge >= 0.3 is 6.09 Å². The second-order valence-electron chi connectivity index (χ2n) is 10.6. The predicted molar refractivity (Wildman–Crippen MR) is 149 cm³/mol. The molecule has 3 atom stereocenters. The third kappa shape index (κ3) is 7.71. The van der Waals surface area contributed by atoms with E-state index in [1.54, 1.807) is 33.9 Å². The zero-order valence-corrected chi connectivity index (χ0v) is 24.1. The number of benzene rings is 2. The van der Waals surface area contributed by atoms with E-state index in [0.717, 1.165) is 22.3 Å². The minimum absolute atomic E-state index is 0.199. The Labute approximate surface area is 225 Å². The van der Waals surface area contributed by atoms with Crippen molar-refractivity contribution in [1.29, 1.82) is 0 Å². The first-order valence-corrected chi connectivity index (χ1v) is 12.9. The van der Waals surface area contributed by atoms with Crippen molar-refractivity contribution in [3.05, 3.63) is 63.7 Å². The summed E-state index contributed by atoms with van der Waals surface area (Å²) in [5.74, 6) is -0.988. The molecule has 0 spiro atoms. The van der Waals surface area contributed by atoms with Gasteiger partial charge in [-0.2, -0.15) is 0 Å². The van der Waals surface area contributed by atoms with Gasteiger partial charge in [0.25, 0.3) is 5.91 Å². The number of para-hydroxylation sites is 1. The van der Waals surface area contributed by atoms with Gasteiger partial charge in [-0.1, -0.05) is 62.2 Å². The molecule has 0 heterocycles. The number of halogens is 1. The standard InChI is InChI=1S/C29H40ClN3O4/c1-10-17(2)24(32-28(36)37-29(6,7)8)27(35)33(9)25(22-18(3)13-11-14-19(22)4)26(34)31-23-20(5)15-12-16-21(23)30/h11-17,24-25H,10H2,1-9H3,(H,31,34)(H,32,36). The van der Waals surface area contributed by atoms with E-state index in [-0.39, 0.29) is 11.8 Å². The van der Waals surface area contributed by atoms with Crippen molar-refractivity contribution >= 4 is 35.2 Å². The lowest BCUT2D eigenvalue weighted by molar-refractivity contribution is -0.140. The molecular weight excluding hydrogens is 490 g/mol. The second kappa shape index (κ2) is 12.5. The van der Waals surface area contributed by atoms with Crippen LogP contribution < -0.4 is 10.6 Å². The van der Waals surface area contributed by atoms with Crippen molar-refractivity contribution in [2.45, 2.75) is 79.5 Å². The molecule has 3 unspecified atom stereocenters. The summed E-state index contributed by atoms with van der Waals surface area (Å²) < 4.78 is 5.41. The zero-order chi connectivity index (χ0) is 28.1. The summed E-state index contributed by atoms with van der Waals surface area (Å²) in [5, 5.41) is 6.10. The van der Waals surface area contributed by atoms with Crippen LogP contribution in [0.15, 0.2) is 36.4 Å². The molecule has 2 rings (SSSR count). The summed E-state index contributed by atoms with van der Waals surface area (Å²) in [6.45, 7) is 14.8. The van der Waals surface area contributed by atoms with E-state index in [1.807, 2.05) is 65.0 Å². The van der Waals surface area contributed by atoms with E-state index < -0.39 is 29.7 Å². The monoisotopic (exact) mass is 529 g/mol. The number of carbonyl (C=O) groups excluding carboxylic acids is 3. The van der Waals surface area contributed by atoms with E-state index in [1.165, 1.54) is 4.90 Å². The lowest BCUT2D eigenvalue weighted by Gasteiger charge is -2.34. The van der Waals surface area contributed by atoms with Gasteiger partial charge in [0.05, 0.1) is 10.7 Å². The smallest absolute Gasteiger partial charge is 0.408 e. The number of likely N-dealkylation sites (N-methyl/N-ethyl adjacent to an activating group) is 1. The molecule has 2 aromatic rings. The van der Waals surface area contributed by atoms with Crippen LogP contribution in [0.5, 0.6) is 0 Å².